The second-order valence-electron chi connectivity index (χ2n) is 14.0. The Hall–Kier alpha value is -6.63. The molecule has 0 spiro atoms. The van der Waals surface area contributed by atoms with Crippen LogP contribution in [0.25, 0.3) is 22.1 Å². The van der Waals surface area contributed by atoms with Crippen LogP contribution in [-0.4, -0.2) is 96.0 Å². The number of hydrogen-bond donors (Lipinski definition) is 0. The number of methoxy groups -OCH3 is 1. The Bertz CT molecular complexity index is 2500. The van der Waals surface area contributed by atoms with E-state index < -0.39 is 18.2 Å². The first-order chi connectivity index (χ1) is 27.7. The quantitative estimate of drug-likeness (QED) is 0.177. The fourth-order valence-corrected chi connectivity index (χ4v) is 7.18. The van der Waals surface area contributed by atoms with Gasteiger partial charge in [0.05, 0.1) is 36.2 Å². The minimum Gasteiger partial charge on any atom is -0.494 e. The lowest BCUT2D eigenvalue weighted by atomic mass is 10.1. The zero-order valence-electron chi connectivity index (χ0n) is 31.0. The lowest BCUT2D eigenvalue weighted by molar-refractivity contribution is 0.0739. The van der Waals surface area contributed by atoms with Crippen molar-refractivity contribution in [2.75, 3.05) is 69.3 Å². The van der Waals surface area contributed by atoms with Crippen molar-refractivity contribution in [3.05, 3.63) is 107 Å². The van der Waals surface area contributed by atoms with Gasteiger partial charge in [-0.15, -0.1) is 0 Å². The monoisotopic (exact) mass is 778 g/mol. The molecule has 2 aliphatic heterocycles. The van der Waals surface area contributed by atoms with E-state index in [1.807, 2.05) is 17.0 Å². The van der Waals surface area contributed by atoms with Gasteiger partial charge in [-0.05, 0) is 43.2 Å². The first-order valence-corrected chi connectivity index (χ1v) is 18.5. The van der Waals surface area contributed by atoms with Gasteiger partial charge < -0.3 is 33.2 Å². The number of amides is 2. The third kappa shape index (κ3) is 7.52. The van der Waals surface area contributed by atoms with Crippen molar-refractivity contribution in [3.8, 4) is 11.8 Å². The summed E-state index contributed by atoms with van der Waals surface area (Å²) in [6.45, 7) is 3.56. The van der Waals surface area contributed by atoms with Crippen molar-refractivity contribution < 1.29 is 36.3 Å². The first kappa shape index (κ1) is 37.3. The number of hydrogen-bond acceptors (Lipinski definition) is 11. The second-order valence-corrected chi connectivity index (χ2v) is 14.0. The van der Waals surface area contributed by atoms with Crippen LogP contribution in [-0.2, 0) is 12.3 Å². The zero-order chi connectivity index (χ0) is 39.7. The van der Waals surface area contributed by atoms with Crippen LogP contribution in [0.15, 0.2) is 82.3 Å². The normalized spacial score (nSPS) is 16.3. The molecule has 0 radical (unpaired) electrons. The molecule has 1 aliphatic carbocycles. The highest BCUT2D eigenvalue weighted by molar-refractivity contribution is 6.05. The van der Waals surface area contributed by atoms with E-state index in [2.05, 4.69) is 19.9 Å². The van der Waals surface area contributed by atoms with Gasteiger partial charge in [0, 0.05) is 100 Å². The number of halogens is 3. The molecule has 3 aliphatic rings. The van der Waals surface area contributed by atoms with Crippen LogP contribution in [0.1, 0.15) is 50.6 Å². The van der Waals surface area contributed by atoms with Crippen molar-refractivity contribution in [2.24, 2.45) is 0 Å². The summed E-state index contributed by atoms with van der Waals surface area (Å²) < 4.78 is 57.6. The van der Waals surface area contributed by atoms with Crippen molar-refractivity contribution in [1.29, 1.82) is 5.26 Å². The Kier molecular flexibility index (Phi) is 10.1. The summed E-state index contributed by atoms with van der Waals surface area (Å²) in [5.74, 6) is 0.356. The molecule has 2 amide bonds. The Morgan fingerprint density at radius 2 is 1.56 bits per heavy atom. The van der Waals surface area contributed by atoms with E-state index >= 15 is 0 Å². The number of alkyl halides is 2. The Morgan fingerprint density at radius 3 is 2.25 bits per heavy atom. The molecule has 0 bridgehead atoms. The molecule has 1 saturated carbocycles. The zero-order valence-corrected chi connectivity index (χ0v) is 31.0. The first-order valence-electron chi connectivity index (χ1n) is 18.5. The van der Waals surface area contributed by atoms with E-state index in [1.54, 1.807) is 59.9 Å². The second kappa shape index (κ2) is 15.5. The maximum Gasteiger partial charge on any atom is 0.259 e. The molecular formula is C41H37F3N8O5. The highest BCUT2D eigenvalue weighted by Crippen LogP contribution is 2.51. The number of furan rings is 2. The average molecular weight is 779 g/mol. The molecule has 2 saturated heterocycles. The van der Waals surface area contributed by atoms with E-state index in [9.17, 15) is 22.8 Å². The number of rotatable bonds is 7. The van der Waals surface area contributed by atoms with Gasteiger partial charge >= 0.3 is 0 Å². The lowest BCUT2D eigenvalue weighted by Crippen LogP contribution is -2.49. The molecule has 0 N–H and O–H groups in total. The van der Waals surface area contributed by atoms with Crippen molar-refractivity contribution in [3.63, 3.8) is 0 Å². The van der Waals surface area contributed by atoms with Crippen LogP contribution in [0.5, 0.6) is 5.75 Å². The highest BCUT2D eigenvalue weighted by atomic mass is 19.1. The number of fused-ring (bicyclic) bond motifs is 2. The third-order valence-corrected chi connectivity index (χ3v) is 10.4. The number of pyridine rings is 3. The van der Waals surface area contributed by atoms with E-state index in [-0.39, 0.29) is 28.9 Å². The summed E-state index contributed by atoms with van der Waals surface area (Å²) in [6, 6.07) is 12.8. The summed E-state index contributed by atoms with van der Waals surface area (Å²) in [4.78, 5) is 46.0. The van der Waals surface area contributed by atoms with Gasteiger partial charge in [0.2, 0.25) is 0 Å². The SMILES string of the molecule is COc1ccncc1N1CCN(C(=O)c2ccnc3cc(CF)oc23)CC1.N#Cc1cc(F)cc(N2CCN(C(=O)c3cncc4cc(C5(F)CC5)oc34)CC2)c1. The number of carbonyl (C=O) groups is 2. The van der Waals surface area contributed by atoms with Crippen LogP contribution in [0, 0.1) is 17.1 Å². The van der Waals surface area contributed by atoms with E-state index in [0.29, 0.717) is 104 Å². The molecule has 57 heavy (non-hydrogen) atoms. The molecular weight excluding hydrogens is 741 g/mol. The van der Waals surface area contributed by atoms with Crippen LogP contribution < -0.4 is 14.5 Å². The Labute approximate surface area is 324 Å². The number of piperazine rings is 2. The largest absolute Gasteiger partial charge is 0.494 e. The molecule has 6 aromatic rings. The predicted molar refractivity (Wildman–Crippen MR) is 203 cm³/mol. The molecule has 0 atom stereocenters. The molecule has 13 nitrogen and oxygen atoms in total. The van der Waals surface area contributed by atoms with E-state index in [4.69, 9.17) is 18.8 Å². The van der Waals surface area contributed by atoms with Crippen LogP contribution in [0.3, 0.4) is 0 Å². The van der Waals surface area contributed by atoms with Crippen molar-refractivity contribution in [1.82, 2.24) is 24.8 Å². The van der Waals surface area contributed by atoms with Gasteiger partial charge in [-0.2, -0.15) is 5.26 Å². The number of nitriles is 1. The number of aromatic nitrogens is 3. The van der Waals surface area contributed by atoms with E-state index in [1.165, 1.54) is 24.4 Å². The van der Waals surface area contributed by atoms with Crippen molar-refractivity contribution >= 4 is 45.3 Å². The maximum absolute atomic E-state index is 14.4. The fourth-order valence-electron chi connectivity index (χ4n) is 7.18. The molecule has 5 aromatic heterocycles. The Morgan fingerprint density at radius 1 is 0.842 bits per heavy atom. The van der Waals surface area contributed by atoms with Gasteiger partial charge in [0.15, 0.2) is 11.3 Å². The molecule has 7 heterocycles. The number of nitrogens with zero attached hydrogens (tertiary/aromatic N) is 8. The molecule has 9 rings (SSSR count). The van der Waals surface area contributed by atoms with E-state index in [0.717, 1.165) is 11.4 Å². The van der Waals surface area contributed by atoms with Crippen LogP contribution in [0.4, 0.5) is 24.5 Å². The lowest BCUT2D eigenvalue weighted by Gasteiger charge is -2.36. The molecule has 1 aromatic carbocycles. The summed E-state index contributed by atoms with van der Waals surface area (Å²) in [5.41, 5.74) is 2.29. The minimum absolute atomic E-state index is 0.139. The summed E-state index contributed by atoms with van der Waals surface area (Å²) in [7, 11) is 1.63. The average Bonchev–Trinajstić information content (AvgIpc) is 3.62. The van der Waals surface area contributed by atoms with Gasteiger partial charge in [0.1, 0.15) is 46.4 Å². The summed E-state index contributed by atoms with van der Waals surface area (Å²) >= 11 is 0. The molecule has 0 unspecified atom stereocenters. The van der Waals surface area contributed by atoms with Gasteiger partial charge in [-0.1, -0.05) is 0 Å². The van der Waals surface area contributed by atoms with Gasteiger partial charge in [-0.3, -0.25) is 24.5 Å². The molecule has 3 fully saturated rings. The van der Waals surface area contributed by atoms with Crippen molar-refractivity contribution in [2.45, 2.75) is 25.2 Å². The smallest absolute Gasteiger partial charge is 0.259 e. The number of benzene rings is 1. The minimum atomic E-state index is -1.42. The maximum atomic E-state index is 14.4. The Balaban J connectivity index is 0.000000161. The van der Waals surface area contributed by atoms with Crippen LogP contribution in [0.2, 0.25) is 0 Å². The summed E-state index contributed by atoms with van der Waals surface area (Å²) in [5, 5.41) is 9.65. The standard InChI is InChI=1S/C22H18F2N4O2.C19H19FN4O3/c23-16-7-14(11-25)8-17(10-16)27-3-5-28(6-4-27)21(29)18-13-26-12-15-9-19(30-20(15)18)22(24)1-2-22;1-26-17-3-4-21-12-16(17)23-6-8-24(9-7-23)19(25)14-2-5-22-15-10-13(11-20)27-18(14)15/h7-10,12-13H,1-6H2;2-5,10,12H,6-9,11H2,1H3. The number of anilines is 2. The van der Waals surface area contributed by atoms with Gasteiger partial charge in [0.25, 0.3) is 11.8 Å². The van der Waals surface area contributed by atoms with Gasteiger partial charge in [-0.25, -0.2) is 13.2 Å². The van der Waals surface area contributed by atoms with Crippen LogP contribution >= 0.6 is 0 Å². The highest BCUT2D eigenvalue weighted by Gasteiger charge is 2.48. The number of carbonyl (C=O) groups excluding carboxylic acids is 2. The fraction of sp³-hybridized carbons (Fsp3) is 0.317. The topological polar surface area (TPSA) is 145 Å². The molecule has 16 heteroatoms. The third-order valence-electron chi connectivity index (χ3n) is 10.4. The molecule has 292 valence electrons. The summed E-state index contributed by atoms with van der Waals surface area (Å²) in [6.07, 6.45) is 8.88. The number of ether oxygens (including phenoxy) is 1. The predicted octanol–water partition coefficient (Wildman–Crippen LogP) is 6.42.